The molecule has 0 aliphatic heterocycles. The summed E-state index contributed by atoms with van der Waals surface area (Å²) in [7, 11) is 0. The number of hydrogen-bond donors (Lipinski definition) is 1. The molecule has 2 heterocycles. The number of benzene rings is 1. The molecule has 1 atom stereocenters. The minimum absolute atomic E-state index is 0.0710. The van der Waals surface area contributed by atoms with Gasteiger partial charge in [0.1, 0.15) is 12.1 Å². The van der Waals surface area contributed by atoms with E-state index in [-0.39, 0.29) is 29.1 Å². The van der Waals surface area contributed by atoms with Gasteiger partial charge >= 0.3 is 0 Å². The SMILES string of the molecule is C[C@H](Nc1ncnc2cc(=O)n(C3(C)CC3)cc12)c1cccc2c1CCC2(F)F. The Morgan fingerprint density at radius 2 is 2.00 bits per heavy atom. The minimum Gasteiger partial charge on any atom is -0.363 e. The lowest BCUT2D eigenvalue weighted by atomic mass is 9.97. The fourth-order valence-corrected chi connectivity index (χ4v) is 4.32. The van der Waals surface area contributed by atoms with Crippen molar-refractivity contribution in [2.24, 2.45) is 0 Å². The smallest absolute Gasteiger partial charge is 0.273 e. The van der Waals surface area contributed by atoms with E-state index in [0.717, 1.165) is 29.4 Å². The molecule has 0 amide bonds. The Hall–Kier alpha value is -2.83. The van der Waals surface area contributed by atoms with Gasteiger partial charge in [-0.25, -0.2) is 18.7 Å². The van der Waals surface area contributed by atoms with E-state index in [4.69, 9.17) is 0 Å². The Balaban J connectivity index is 1.55. The first-order chi connectivity index (χ1) is 13.8. The lowest BCUT2D eigenvalue weighted by Crippen LogP contribution is -2.27. The molecule has 3 aromatic rings. The number of halogens is 2. The van der Waals surface area contributed by atoms with Crippen molar-refractivity contribution in [3.8, 4) is 0 Å². The van der Waals surface area contributed by atoms with Gasteiger partial charge in [0, 0.05) is 29.8 Å². The molecule has 1 N–H and O–H groups in total. The summed E-state index contributed by atoms with van der Waals surface area (Å²) < 4.78 is 30.0. The largest absolute Gasteiger partial charge is 0.363 e. The Labute approximate surface area is 166 Å². The van der Waals surface area contributed by atoms with E-state index in [2.05, 4.69) is 22.2 Å². The zero-order valence-electron chi connectivity index (χ0n) is 16.4. The second kappa shape index (κ2) is 6.08. The average Bonchev–Trinajstić information content (AvgIpc) is 3.35. The molecule has 1 saturated carbocycles. The first kappa shape index (κ1) is 18.2. The number of alkyl halides is 2. The highest BCUT2D eigenvalue weighted by Gasteiger charge is 2.41. The lowest BCUT2D eigenvalue weighted by molar-refractivity contribution is -0.00184. The van der Waals surface area contributed by atoms with Crippen LogP contribution in [-0.2, 0) is 17.9 Å². The first-order valence-corrected chi connectivity index (χ1v) is 9.93. The molecule has 5 rings (SSSR count). The monoisotopic (exact) mass is 396 g/mol. The summed E-state index contributed by atoms with van der Waals surface area (Å²) in [5.41, 5.74) is 2.07. The molecular formula is C22H22F2N4O. The normalized spacial score (nSPS) is 19.7. The molecule has 0 bridgehead atoms. The number of aromatic nitrogens is 3. The number of hydrogen-bond acceptors (Lipinski definition) is 4. The summed E-state index contributed by atoms with van der Waals surface area (Å²) in [6.07, 6.45) is 5.40. The van der Waals surface area contributed by atoms with Gasteiger partial charge in [0.25, 0.3) is 11.5 Å². The number of nitrogens with zero attached hydrogens (tertiary/aromatic N) is 3. The molecular weight excluding hydrogens is 374 g/mol. The van der Waals surface area contributed by atoms with Crippen molar-refractivity contribution in [3.63, 3.8) is 0 Å². The van der Waals surface area contributed by atoms with E-state index in [9.17, 15) is 13.6 Å². The third kappa shape index (κ3) is 2.91. The molecule has 2 aromatic heterocycles. The van der Waals surface area contributed by atoms with E-state index in [1.807, 2.05) is 19.2 Å². The summed E-state index contributed by atoms with van der Waals surface area (Å²) in [4.78, 5) is 21.1. The molecule has 1 aromatic carbocycles. The molecule has 0 unspecified atom stereocenters. The molecule has 2 aliphatic carbocycles. The summed E-state index contributed by atoms with van der Waals surface area (Å²) in [5.74, 6) is -2.16. The number of rotatable bonds is 4. The number of pyridine rings is 1. The molecule has 0 saturated heterocycles. The van der Waals surface area contributed by atoms with Crippen LogP contribution in [0.1, 0.15) is 55.8 Å². The van der Waals surface area contributed by atoms with E-state index in [0.29, 0.717) is 17.8 Å². The van der Waals surface area contributed by atoms with Gasteiger partial charge in [-0.1, -0.05) is 18.2 Å². The topological polar surface area (TPSA) is 59.8 Å². The van der Waals surface area contributed by atoms with Crippen molar-refractivity contribution >= 4 is 16.7 Å². The van der Waals surface area contributed by atoms with Crippen molar-refractivity contribution in [2.45, 2.75) is 57.0 Å². The molecule has 29 heavy (non-hydrogen) atoms. The highest BCUT2D eigenvalue weighted by molar-refractivity contribution is 5.88. The Kier molecular flexibility index (Phi) is 3.82. The van der Waals surface area contributed by atoms with Crippen LogP contribution in [0, 0.1) is 0 Å². The third-order valence-corrected chi connectivity index (χ3v) is 6.34. The fourth-order valence-electron chi connectivity index (χ4n) is 4.32. The van der Waals surface area contributed by atoms with Gasteiger partial charge in [0.15, 0.2) is 0 Å². The Bertz CT molecular complexity index is 1180. The van der Waals surface area contributed by atoms with Crippen LogP contribution in [-0.4, -0.2) is 14.5 Å². The molecule has 5 nitrogen and oxygen atoms in total. The Morgan fingerprint density at radius 3 is 2.76 bits per heavy atom. The van der Waals surface area contributed by atoms with Crippen LogP contribution in [0.25, 0.3) is 10.9 Å². The van der Waals surface area contributed by atoms with Crippen molar-refractivity contribution in [1.82, 2.24) is 14.5 Å². The zero-order valence-corrected chi connectivity index (χ0v) is 16.4. The maximum Gasteiger partial charge on any atom is 0.273 e. The van der Waals surface area contributed by atoms with E-state index in [1.54, 1.807) is 10.6 Å². The highest BCUT2D eigenvalue weighted by atomic mass is 19.3. The number of anilines is 1. The van der Waals surface area contributed by atoms with Crippen molar-refractivity contribution in [3.05, 3.63) is 63.8 Å². The van der Waals surface area contributed by atoms with Crippen LogP contribution < -0.4 is 10.9 Å². The van der Waals surface area contributed by atoms with Gasteiger partial charge in [0.2, 0.25) is 0 Å². The van der Waals surface area contributed by atoms with E-state index >= 15 is 0 Å². The lowest BCUT2D eigenvalue weighted by Gasteiger charge is -2.20. The molecule has 2 aliphatic rings. The maximum absolute atomic E-state index is 14.1. The van der Waals surface area contributed by atoms with Crippen LogP contribution in [0.15, 0.2) is 41.6 Å². The fraction of sp³-hybridized carbons (Fsp3) is 0.409. The zero-order chi connectivity index (χ0) is 20.4. The van der Waals surface area contributed by atoms with Crippen LogP contribution >= 0.6 is 0 Å². The van der Waals surface area contributed by atoms with Crippen LogP contribution in [0.2, 0.25) is 0 Å². The second-order valence-corrected chi connectivity index (χ2v) is 8.44. The summed E-state index contributed by atoms with van der Waals surface area (Å²) in [5, 5.41) is 4.12. The van der Waals surface area contributed by atoms with Crippen LogP contribution in [0.4, 0.5) is 14.6 Å². The van der Waals surface area contributed by atoms with Gasteiger partial charge in [-0.15, -0.1) is 0 Å². The molecule has 150 valence electrons. The summed E-state index contributed by atoms with van der Waals surface area (Å²) in [6.45, 7) is 4.01. The van der Waals surface area contributed by atoms with Gasteiger partial charge in [-0.05, 0) is 44.2 Å². The first-order valence-electron chi connectivity index (χ1n) is 9.93. The van der Waals surface area contributed by atoms with Crippen molar-refractivity contribution < 1.29 is 8.78 Å². The maximum atomic E-state index is 14.1. The predicted octanol–water partition coefficient (Wildman–Crippen LogP) is 4.51. The van der Waals surface area contributed by atoms with Crippen molar-refractivity contribution in [2.75, 3.05) is 5.32 Å². The Morgan fingerprint density at radius 1 is 1.21 bits per heavy atom. The highest BCUT2D eigenvalue weighted by Crippen LogP contribution is 2.44. The van der Waals surface area contributed by atoms with Gasteiger partial charge < -0.3 is 9.88 Å². The van der Waals surface area contributed by atoms with Gasteiger partial charge in [0.05, 0.1) is 16.9 Å². The average molecular weight is 396 g/mol. The quantitative estimate of drug-likeness (QED) is 0.705. The standard InChI is InChI=1S/C22H22F2N4O/c1-13(14-4-3-5-17-15(14)6-7-22(17,23)24)27-20-16-11-28(21(2)8-9-21)19(29)10-18(16)25-12-26-20/h3-5,10-13H,6-9H2,1-2H3,(H,25,26,27)/t13-/m0/s1. The van der Waals surface area contributed by atoms with E-state index in [1.165, 1.54) is 18.5 Å². The van der Waals surface area contributed by atoms with Gasteiger partial charge in [-0.2, -0.15) is 0 Å². The number of fused-ring (bicyclic) bond motifs is 2. The summed E-state index contributed by atoms with van der Waals surface area (Å²) in [6, 6.07) is 6.43. The van der Waals surface area contributed by atoms with E-state index < -0.39 is 5.92 Å². The van der Waals surface area contributed by atoms with Crippen LogP contribution in [0.5, 0.6) is 0 Å². The third-order valence-electron chi connectivity index (χ3n) is 6.34. The molecule has 0 radical (unpaired) electrons. The predicted molar refractivity (Wildman–Crippen MR) is 107 cm³/mol. The van der Waals surface area contributed by atoms with Crippen LogP contribution in [0.3, 0.4) is 0 Å². The molecule has 7 heteroatoms. The summed E-state index contributed by atoms with van der Waals surface area (Å²) >= 11 is 0. The molecule has 0 spiro atoms. The second-order valence-electron chi connectivity index (χ2n) is 8.44. The number of nitrogens with one attached hydrogen (secondary N) is 1. The minimum atomic E-state index is -2.76. The van der Waals surface area contributed by atoms with Gasteiger partial charge in [-0.3, -0.25) is 4.79 Å². The molecule has 1 fully saturated rings. The van der Waals surface area contributed by atoms with Crippen molar-refractivity contribution in [1.29, 1.82) is 0 Å².